The molecule has 0 radical (unpaired) electrons. The first-order chi connectivity index (χ1) is 8.10. The van der Waals surface area contributed by atoms with Crippen molar-refractivity contribution in [3.8, 4) is 6.07 Å². The van der Waals surface area contributed by atoms with Gasteiger partial charge in [0, 0.05) is 17.4 Å². The molecule has 0 aliphatic rings. The minimum Gasteiger partial charge on any atom is -0.506 e. The summed E-state index contributed by atoms with van der Waals surface area (Å²) in [6, 6.07) is 3.29. The highest BCUT2D eigenvalue weighted by Crippen LogP contribution is 2.26. The van der Waals surface area contributed by atoms with Crippen LogP contribution in [0.3, 0.4) is 0 Å². The van der Waals surface area contributed by atoms with E-state index < -0.39 is 0 Å². The quantitative estimate of drug-likeness (QED) is 0.500. The molecule has 0 unspecified atom stereocenters. The van der Waals surface area contributed by atoms with E-state index >= 15 is 0 Å². The number of carbonyl (C=O) groups excluding carboxylic acids is 1. The number of ketones is 1. The van der Waals surface area contributed by atoms with Gasteiger partial charge in [-0.25, -0.2) is 0 Å². The molecule has 0 aliphatic carbocycles. The Kier molecular flexibility index (Phi) is 5.20. The van der Waals surface area contributed by atoms with E-state index in [0.29, 0.717) is 16.3 Å². The molecule has 1 rings (SSSR count). The molecule has 0 bridgehead atoms. The molecule has 90 valence electrons. The van der Waals surface area contributed by atoms with Gasteiger partial charge in [0.15, 0.2) is 5.78 Å². The van der Waals surface area contributed by atoms with Gasteiger partial charge in [-0.3, -0.25) is 4.79 Å². The zero-order valence-electron chi connectivity index (χ0n) is 9.36. The van der Waals surface area contributed by atoms with Crippen molar-refractivity contribution in [1.29, 1.82) is 5.26 Å². The van der Waals surface area contributed by atoms with Gasteiger partial charge < -0.3 is 5.11 Å². The van der Waals surface area contributed by atoms with E-state index in [2.05, 4.69) is 0 Å². The normalized spacial score (nSPS) is 11.8. The van der Waals surface area contributed by atoms with Crippen LogP contribution in [-0.4, -0.2) is 10.9 Å². The lowest BCUT2D eigenvalue weighted by Gasteiger charge is -2.01. The van der Waals surface area contributed by atoms with Crippen LogP contribution < -0.4 is 0 Å². The minimum atomic E-state index is -0.325. The number of carbonyl (C=O) groups is 1. The predicted molar refractivity (Wildman–Crippen MR) is 69.0 cm³/mol. The maximum Gasteiger partial charge on any atom is 0.177 e. The fourth-order valence-corrected chi connectivity index (χ4v) is 2.15. The fraction of sp³-hybridized carbons (Fsp3) is 0.333. The number of hydrogen-bond donors (Lipinski definition) is 1. The van der Waals surface area contributed by atoms with Crippen LogP contribution >= 0.6 is 22.9 Å². The van der Waals surface area contributed by atoms with Gasteiger partial charge in [-0.05, 0) is 12.5 Å². The molecule has 0 aliphatic heterocycles. The number of nitriles is 1. The van der Waals surface area contributed by atoms with Crippen LogP contribution in [0.15, 0.2) is 17.0 Å². The summed E-state index contributed by atoms with van der Waals surface area (Å²) in [6.07, 6.45) is 1.86. The van der Waals surface area contributed by atoms with E-state index in [0.717, 1.165) is 6.42 Å². The second-order valence-corrected chi connectivity index (χ2v) is 5.04. The minimum absolute atomic E-state index is 0.187. The Bertz CT molecular complexity index is 485. The molecule has 0 spiro atoms. The Morgan fingerprint density at radius 3 is 2.82 bits per heavy atom. The Morgan fingerprint density at radius 2 is 2.35 bits per heavy atom. The van der Waals surface area contributed by atoms with E-state index in [-0.39, 0.29) is 23.5 Å². The third-order valence-corrected chi connectivity index (χ3v) is 3.32. The van der Waals surface area contributed by atoms with Crippen LogP contribution in [-0.2, 0) is 4.79 Å². The van der Waals surface area contributed by atoms with E-state index in [1.165, 1.54) is 17.4 Å². The summed E-state index contributed by atoms with van der Waals surface area (Å²) < 4.78 is 0.504. The molecular weight excluding hydrogens is 258 g/mol. The lowest BCUT2D eigenvalue weighted by Crippen LogP contribution is -2.03. The van der Waals surface area contributed by atoms with Crippen LogP contribution in [0.1, 0.15) is 31.7 Å². The van der Waals surface area contributed by atoms with E-state index in [4.69, 9.17) is 16.9 Å². The van der Waals surface area contributed by atoms with E-state index in [1.54, 1.807) is 11.4 Å². The SMILES string of the molecule is CCCCC(=O)C(C#N)=C(O)c1csc(Cl)c1. The molecule has 17 heavy (non-hydrogen) atoms. The van der Waals surface area contributed by atoms with Crippen LogP contribution in [0.5, 0.6) is 0 Å². The van der Waals surface area contributed by atoms with Crippen molar-refractivity contribution in [2.24, 2.45) is 0 Å². The van der Waals surface area contributed by atoms with Crippen molar-refractivity contribution in [2.75, 3.05) is 0 Å². The highest BCUT2D eigenvalue weighted by Gasteiger charge is 2.16. The summed E-state index contributed by atoms with van der Waals surface area (Å²) in [5.41, 5.74) is 0.231. The average Bonchev–Trinajstić information content (AvgIpc) is 2.74. The summed E-state index contributed by atoms with van der Waals surface area (Å²) in [5.74, 6) is -0.606. The number of thiophene rings is 1. The van der Waals surface area contributed by atoms with Crippen LogP contribution in [0, 0.1) is 11.3 Å². The molecule has 0 aromatic carbocycles. The first-order valence-electron chi connectivity index (χ1n) is 5.21. The largest absolute Gasteiger partial charge is 0.506 e. The summed E-state index contributed by atoms with van der Waals surface area (Å²) in [7, 11) is 0. The first kappa shape index (κ1) is 13.8. The van der Waals surface area contributed by atoms with Crippen molar-refractivity contribution in [3.63, 3.8) is 0 Å². The number of nitrogens with zero attached hydrogens (tertiary/aromatic N) is 1. The number of rotatable bonds is 5. The predicted octanol–water partition coefficient (Wildman–Crippen LogP) is 3.95. The molecule has 1 N–H and O–H groups in total. The lowest BCUT2D eigenvalue weighted by atomic mass is 10.0. The van der Waals surface area contributed by atoms with Crippen LogP contribution in [0.2, 0.25) is 4.34 Å². The number of unbranched alkanes of at least 4 members (excludes halogenated alkanes) is 1. The standard InChI is InChI=1S/C12H12ClNO2S/c1-2-3-4-10(15)9(6-14)12(16)8-5-11(13)17-7-8/h5,7,16H,2-4H2,1H3. The number of halogens is 1. The van der Waals surface area contributed by atoms with Crippen molar-refractivity contribution >= 4 is 34.5 Å². The lowest BCUT2D eigenvalue weighted by molar-refractivity contribution is -0.115. The maximum atomic E-state index is 11.7. The Labute approximate surface area is 109 Å². The smallest absolute Gasteiger partial charge is 0.177 e. The molecule has 0 amide bonds. The Morgan fingerprint density at radius 1 is 1.65 bits per heavy atom. The molecule has 5 heteroatoms. The van der Waals surface area contributed by atoms with Gasteiger partial charge in [0.25, 0.3) is 0 Å². The van der Waals surface area contributed by atoms with E-state index in [1.807, 2.05) is 6.92 Å². The van der Waals surface area contributed by atoms with Crippen molar-refractivity contribution in [3.05, 3.63) is 26.9 Å². The molecule has 0 saturated heterocycles. The monoisotopic (exact) mass is 269 g/mol. The Hall–Kier alpha value is -1.31. The second kappa shape index (κ2) is 6.43. The van der Waals surface area contributed by atoms with Gasteiger partial charge >= 0.3 is 0 Å². The van der Waals surface area contributed by atoms with Gasteiger partial charge in [-0.2, -0.15) is 5.26 Å². The number of hydrogen-bond acceptors (Lipinski definition) is 4. The molecule has 3 nitrogen and oxygen atoms in total. The van der Waals surface area contributed by atoms with Crippen molar-refractivity contribution in [2.45, 2.75) is 26.2 Å². The summed E-state index contributed by atoms with van der Waals surface area (Å²) in [6.45, 7) is 1.96. The number of aliphatic hydroxyl groups is 1. The average molecular weight is 270 g/mol. The zero-order valence-corrected chi connectivity index (χ0v) is 10.9. The van der Waals surface area contributed by atoms with E-state index in [9.17, 15) is 9.90 Å². The molecule has 0 saturated carbocycles. The molecule has 0 fully saturated rings. The fourth-order valence-electron chi connectivity index (χ4n) is 1.29. The van der Waals surface area contributed by atoms with Gasteiger partial charge in [0.2, 0.25) is 0 Å². The van der Waals surface area contributed by atoms with Crippen LogP contribution in [0.4, 0.5) is 0 Å². The maximum absolute atomic E-state index is 11.7. The second-order valence-electron chi connectivity index (χ2n) is 3.50. The number of aliphatic hydroxyl groups excluding tert-OH is 1. The van der Waals surface area contributed by atoms with Crippen molar-refractivity contribution in [1.82, 2.24) is 0 Å². The highest BCUT2D eigenvalue weighted by molar-refractivity contribution is 7.14. The molecule has 0 atom stereocenters. The number of allylic oxidation sites excluding steroid dienone is 1. The summed E-state index contributed by atoms with van der Waals surface area (Å²) >= 11 is 6.97. The van der Waals surface area contributed by atoms with Crippen molar-refractivity contribution < 1.29 is 9.90 Å². The summed E-state index contributed by atoms with van der Waals surface area (Å²) in [5, 5.41) is 20.4. The van der Waals surface area contributed by atoms with Gasteiger partial charge in [0.05, 0.1) is 4.34 Å². The first-order valence-corrected chi connectivity index (χ1v) is 6.46. The molecule has 1 aromatic heterocycles. The molecule has 1 aromatic rings. The Balaban J connectivity index is 2.99. The van der Waals surface area contributed by atoms with Gasteiger partial charge in [-0.1, -0.05) is 24.9 Å². The highest BCUT2D eigenvalue weighted by atomic mass is 35.5. The molecule has 1 heterocycles. The third-order valence-electron chi connectivity index (χ3n) is 2.23. The van der Waals surface area contributed by atoms with Crippen LogP contribution in [0.25, 0.3) is 5.76 Å². The zero-order chi connectivity index (χ0) is 12.8. The van der Waals surface area contributed by atoms with Gasteiger partial charge in [0.1, 0.15) is 17.4 Å². The van der Waals surface area contributed by atoms with Gasteiger partial charge in [-0.15, -0.1) is 11.3 Å². The topological polar surface area (TPSA) is 61.1 Å². The third kappa shape index (κ3) is 3.58. The number of Topliss-reactive ketones (excluding diaryl/α,β-unsaturated/α-hetero) is 1. The molecular formula is C12H12ClNO2S. The summed E-state index contributed by atoms with van der Waals surface area (Å²) in [4.78, 5) is 11.7.